The lowest BCUT2D eigenvalue weighted by atomic mass is 9.96. The molecule has 1 aliphatic heterocycles. The second-order valence-corrected chi connectivity index (χ2v) is 5.95. The van der Waals surface area contributed by atoms with Crippen LogP contribution in [0.4, 0.5) is 0 Å². The van der Waals surface area contributed by atoms with Crippen molar-refractivity contribution in [2.24, 2.45) is 0 Å². The molecule has 22 heavy (non-hydrogen) atoms. The Morgan fingerprint density at radius 3 is 2.77 bits per heavy atom. The van der Waals surface area contributed by atoms with Crippen molar-refractivity contribution < 1.29 is 9.90 Å². The van der Waals surface area contributed by atoms with Gasteiger partial charge in [0.2, 0.25) is 0 Å². The number of nitrogens with one attached hydrogen (secondary N) is 1. The third-order valence-corrected chi connectivity index (χ3v) is 4.40. The van der Waals surface area contributed by atoms with E-state index >= 15 is 0 Å². The van der Waals surface area contributed by atoms with E-state index in [1.165, 1.54) is 24.1 Å². The van der Waals surface area contributed by atoms with E-state index in [-0.39, 0.29) is 0 Å². The number of aromatic carboxylic acids is 1. The molecule has 2 N–H and O–H groups in total. The van der Waals surface area contributed by atoms with Gasteiger partial charge in [-0.05, 0) is 49.6 Å². The molecule has 1 atom stereocenters. The van der Waals surface area contributed by atoms with Gasteiger partial charge in [0.1, 0.15) is 0 Å². The first-order valence-electron chi connectivity index (χ1n) is 7.71. The average molecular weight is 299 g/mol. The Morgan fingerprint density at radius 1 is 1.36 bits per heavy atom. The third kappa shape index (κ3) is 3.04. The Bertz CT molecular complexity index is 648. The fourth-order valence-corrected chi connectivity index (χ4v) is 3.19. The van der Waals surface area contributed by atoms with E-state index in [9.17, 15) is 4.79 Å². The maximum atomic E-state index is 10.9. The molecule has 0 spiro atoms. The highest BCUT2D eigenvalue weighted by molar-refractivity contribution is 5.87. The van der Waals surface area contributed by atoms with Crippen LogP contribution < -0.4 is 0 Å². The molecule has 0 radical (unpaired) electrons. The summed E-state index contributed by atoms with van der Waals surface area (Å²) >= 11 is 0. The van der Waals surface area contributed by atoms with Gasteiger partial charge in [0.05, 0.1) is 23.5 Å². The van der Waals surface area contributed by atoms with Gasteiger partial charge >= 0.3 is 5.97 Å². The smallest absolute Gasteiger partial charge is 0.335 e. The molecule has 0 unspecified atom stereocenters. The van der Waals surface area contributed by atoms with Crippen molar-refractivity contribution in [3.63, 3.8) is 0 Å². The van der Waals surface area contributed by atoms with Crippen LogP contribution >= 0.6 is 0 Å². The molecule has 0 bridgehead atoms. The number of rotatable bonds is 4. The van der Waals surface area contributed by atoms with Crippen molar-refractivity contribution in [2.45, 2.75) is 38.8 Å². The predicted molar refractivity (Wildman–Crippen MR) is 83.7 cm³/mol. The van der Waals surface area contributed by atoms with Crippen molar-refractivity contribution in [1.82, 2.24) is 15.1 Å². The molecule has 116 valence electrons. The Kier molecular flexibility index (Phi) is 4.24. The number of aryl methyl sites for hydroxylation is 1. The van der Waals surface area contributed by atoms with E-state index in [1.807, 2.05) is 18.3 Å². The number of nitrogens with zero attached hydrogens (tertiary/aromatic N) is 2. The van der Waals surface area contributed by atoms with Crippen LogP contribution in [0.25, 0.3) is 0 Å². The molecule has 0 saturated carbocycles. The van der Waals surface area contributed by atoms with Crippen molar-refractivity contribution in [3.8, 4) is 0 Å². The first-order valence-corrected chi connectivity index (χ1v) is 7.71. The van der Waals surface area contributed by atoms with E-state index in [4.69, 9.17) is 5.11 Å². The van der Waals surface area contributed by atoms with E-state index in [2.05, 4.69) is 22.0 Å². The number of carboxylic acids is 1. The standard InChI is InChI=1S/C17H21N3O2/c1-12-10-18-19-16(12)15-4-2-3-9-20(15)11-13-5-7-14(8-6-13)17(21)22/h5-8,10,15H,2-4,9,11H2,1H3,(H,18,19)(H,21,22)/t15-/m0/s1. The molecule has 1 aromatic carbocycles. The van der Waals surface area contributed by atoms with Crippen LogP contribution in [0.15, 0.2) is 30.5 Å². The summed E-state index contributed by atoms with van der Waals surface area (Å²) in [4.78, 5) is 13.4. The summed E-state index contributed by atoms with van der Waals surface area (Å²) in [6.45, 7) is 3.99. The summed E-state index contributed by atoms with van der Waals surface area (Å²) in [7, 11) is 0. The summed E-state index contributed by atoms with van der Waals surface area (Å²) in [5.74, 6) is -0.879. The maximum Gasteiger partial charge on any atom is 0.335 e. The number of carbonyl (C=O) groups is 1. The van der Waals surface area contributed by atoms with Crippen molar-refractivity contribution >= 4 is 5.97 Å². The minimum absolute atomic E-state index is 0.336. The second-order valence-electron chi connectivity index (χ2n) is 5.95. The number of likely N-dealkylation sites (tertiary alicyclic amines) is 1. The lowest BCUT2D eigenvalue weighted by molar-refractivity contribution is 0.0697. The van der Waals surface area contributed by atoms with Gasteiger partial charge in [-0.15, -0.1) is 0 Å². The third-order valence-electron chi connectivity index (χ3n) is 4.40. The highest BCUT2D eigenvalue weighted by Gasteiger charge is 2.26. The molecule has 0 amide bonds. The van der Waals surface area contributed by atoms with E-state index in [0.717, 1.165) is 25.1 Å². The number of hydrogen-bond acceptors (Lipinski definition) is 3. The topological polar surface area (TPSA) is 69.2 Å². The Hall–Kier alpha value is -2.14. The molecule has 5 heteroatoms. The van der Waals surface area contributed by atoms with Crippen LogP contribution in [0.3, 0.4) is 0 Å². The Labute approximate surface area is 130 Å². The lowest BCUT2D eigenvalue weighted by Crippen LogP contribution is -2.33. The van der Waals surface area contributed by atoms with Gasteiger partial charge in [0, 0.05) is 6.54 Å². The van der Waals surface area contributed by atoms with Gasteiger partial charge in [-0.25, -0.2) is 4.79 Å². The molecule has 5 nitrogen and oxygen atoms in total. The van der Waals surface area contributed by atoms with Crippen LogP contribution in [0.2, 0.25) is 0 Å². The average Bonchev–Trinajstić information content (AvgIpc) is 2.94. The Morgan fingerprint density at radius 2 is 2.14 bits per heavy atom. The largest absolute Gasteiger partial charge is 0.478 e. The van der Waals surface area contributed by atoms with Crippen molar-refractivity contribution in [2.75, 3.05) is 6.54 Å². The van der Waals surface area contributed by atoms with Crippen molar-refractivity contribution in [3.05, 3.63) is 52.8 Å². The van der Waals surface area contributed by atoms with Crippen LogP contribution in [-0.4, -0.2) is 32.7 Å². The van der Waals surface area contributed by atoms with Crippen LogP contribution in [0.5, 0.6) is 0 Å². The highest BCUT2D eigenvalue weighted by Crippen LogP contribution is 2.32. The van der Waals surface area contributed by atoms with Crippen molar-refractivity contribution in [1.29, 1.82) is 0 Å². The molecular formula is C17H21N3O2. The monoisotopic (exact) mass is 299 g/mol. The fourth-order valence-electron chi connectivity index (χ4n) is 3.19. The molecule has 0 aliphatic carbocycles. The first kappa shape index (κ1) is 14.8. The van der Waals surface area contributed by atoms with Gasteiger partial charge in [-0.1, -0.05) is 18.6 Å². The van der Waals surface area contributed by atoms with Gasteiger partial charge in [0.15, 0.2) is 0 Å². The maximum absolute atomic E-state index is 10.9. The zero-order valence-corrected chi connectivity index (χ0v) is 12.7. The number of aromatic nitrogens is 2. The highest BCUT2D eigenvalue weighted by atomic mass is 16.4. The van der Waals surface area contributed by atoms with Gasteiger partial charge in [-0.3, -0.25) is 10.00 Å². The van der Waals surface area contributed by atoms with Gasteiger partial charge < -0.3 is 5.11 Å². The number of hydrogen-bond donors (Lipinski definition) is 2. The minimum Gasteiger partial charge on any atom is -0.478 e. The molecular weight excluding hydrogens is 278 g/mol. The zero-order chi connectivity index (χ0) is 15.5. The van der Waals surface area contributed by atoms with Crippen LogP contribution in [0, 0.1) is 6.92 Å². The molecule has 2 heterocycles. The number of aromatic amines is 1. The molecule has 2 aromatic rings. The van der Waals surface area contributed by atoms with E-state index < -0.39 is 5.97 Å². The number of H-pyrrole nitrogens is 1. The second kappa shape index (κ2) is 6.32. The summed E-state index contributed by atoms with van der Waals surface area (Å²) in [6, 6.07) is 7.55. The van der Waals surface area contributed by atoms with Crippen LogP contribution in [-0.2, 0) is 6.54 Å². The van der Waals surface area contributed by atoms with Gasteiger partial charge in [-0.2, -0.15) is 5.10 Å². The number of benzene rings is 1. The molecule has 3 rings (SSSR count). The Balaban J connectivity index is 1.77. The summed E-state index contributed by atoms with van der Waals surface area (Å²) in [6.07, 6.45) is 5.45. The number of carboxylic acid groups (broad SMARTS) is 1. The van der Waals surface area contributed by atoms with E-state index in [0.29, 0.717) is 11.6 Å². The molecule has 1 fully saturated rings. The van der Waals surface area contributed by atoms with E-state index in [1.54, 1.807) is 12.1 Å². The SMILES string of the molecule is Cc1cn[nH]c1[C@@H]1CCCCN1Cc1ccc(C(=O)O)cc1. The lowest BCUT2D eigenvalue weighted by Gasteiger charge is -2.35. The molecule has 1 saturated heterocycles. The van der Waals surface area contributed by atoms with Crippen LogP contribution in [0.1, 0.15) is 52.5 Å². The summed E-state index contributed by atoms with van der Waals surface area (Å²) < 4.78 is 0. The minimum atomic E-state index is -0.879. The molecule has 1 aromatic heterocycles. The number of piperidine rings is 1. The molecule has 1 aliphatic rings. The fraction of sp³-hybridized carbons (Fsp3) is 0.412. The summed E-state index contributed by atoms with van der Waals surface area (Å²) in [5.41, 5.74) is 3.90. The summed E-state index contributed by atoms with van der Waals surface area (Å²) in [5, 5.41) is 16.3. The quantitative estimate of drug-likeness (QED) is 0.910. The zero-order valence-electron chi connectivity index (χ0n) is 12.7. The normalized spacial score (nSPS) is 19.2. The first-order chi connectivity index (χ1) is 10.6. The van der Waals surface area contributed by atoms with Gasteiger partial charge in [0.25, 0.3) is 0 Å². The predicted octanol–water partition coefficient (Wildman–Crippen LogP) is 3.14.